The van der Waals surface area contributed by atoms with Crippen LogP contribution in [0.5, 0.6) is 0 Å². The second kappa shape index (κ2) is 5.14. The highest BCUT2D eigenvalue weighted by atomic mass is 35.5. The van der Waals surface area contributed by atoms with Crippen molar-refractivity contribution in [2.45, 2.75) is 13.5 Å². The summed E-state index contributed by atoms with van der Waals surface area (Å²) >= 11 is 6.22. The number of benzene rings is 1. The average molecular weight is 236 g/mol. The summed E-state index contributed by atoms with van der Waals surface area (Å²) in [7, 11) is 0. The molecular formula is C12H14ClN3. The first-order chi connectivity index (χ1) is 7.81. The molecule has 0 bridgehead atoms. The quantitative estimate of drug-likeness (QED) is 0.883. The van der Waals surface area contributed by atoms with Crippen LogP contribution < -0.4 is 5.32 Å². The highest BCUT2D eigenvalue weighted by Crippen LogP contribution is 2.21. The van der Waals surface area contributed by atoms with E-state index in [4.69, 9.17) is 11.6 Å². The highest BCUT2D eigenvalue weighted by Gasteiger charge is 2.03. The third-order valence-electron chi connectivity index (χ3n) is 2.37. The molecule has 4 heteroatoms. The minimum atomic E-state index is 0.744. The van der Waals surface area contributed by atoms with Gasteiger partial charge >= 0.3 is 0 Å². The van der Waals surface area contributed by atoms with E-state index >= 15 is 0 Å². The van der Waals surface area contributed by atoms with Crippen molar-refractivity contribution in [1.82, 2.24) is 14.9 Å². The molecule has 2 aromatic rings. The van der Waals surface area contributed by atoms with Gasteiger partial charge in [0.25, 0.3) is 0 Å². The molecule has 16 heavy (non-hydrogen) atoms. The van der Waals surface area contributed by atoms with Crippen LogP contribution in [0.15, 0.2) is 36.9 Å². The number of imidazole rings is 1. The Bertz CT molecular complexity index is 451. The lowest BCUT2D eigenvalue weighted by atomic mass is 10.2. The van der Waals surface area contributed by atoms with E-state index in [1.165, 1.54) is 5.56 Å². The molecule has 0 aliphatic carbocycles. The van der Waals surface area contributed by atoms with Gasteiger partial charge in [0.05, 0.1) is 17.0 Å². The Kier molecular flexibility index (Phi) is 3.59. The number of hydrogen-bond donors (Lipinski definition) is 1. The van der Waals surface area contributed by atoms with Crippen LogP contribution in [0.25, 0.3) is 5.69 Å². The van der Waals surface area contributed by atoms with Crippen molar-refractivity contribution in [2.75, 3.05) is 6.54 Å². The monoisotopic (exact) mass is 235 g/mol. The van der Waals surface area contributed by atoms with Crippen LogP contribution in [-0.4, -0.2) is 16.1 Å². The fourth-order valence-electron chi connectivity index (χ4n) is 1.54. The van der Waals surface area contributed by atoms with E-state index in [2.05, 4.69) is 23.3 Å². The van der Waals surface area contributed by atoms with Gasteiger partial charge < -0.3 is 9.88 Å². The van der Waals surface area contributed by atoms with Crippen molar-refractivity contribution in [3.05, 3.63) is 47.5 Å². The molecule has 0 saturated carbocycles. The number of nitrogens with zero attached hydrogens (tertiary/aromatic N) is 2. The predicted molar refractivity (Wildman–Crippen MR) is 66.0 cm³/mol. The smallest absolute Gasteiger partial charge is 0.0992 e. The Balaban J connectivity index is 2.23. The number of halogens is 1. The maximum atomic E-state index is 6.22. The number of rotatable bonds is 4. The number of hydrogen-bond acceptors (Lipinski definition) is 2. The molecule has 0 saturated heterocycles. The standard InChI is InChI=1S/C12H14ClN3/c1-2-14-8-10-3-4-12(11(13)7-10)16-6-5-15-9-16/h3-7,9,14H,2,8H2,1H3. The molecule has 0 radical (unpaired) electrons. The maximum Gasteiger partial charge on any atom is 0.0992 e. The van der Waals surface area contributed by atoms with Gasteiger partial charge in [-0.2, -0.15) is 0 Å². The normalized spacial score (nSPS) is 10.6. The molecule has 0 unspecified atom stereocenters. The van der Waals surface area contributed by atoms with Crippen molar-refractivity contribution in [1.29, 1.82) is 0 Å². The van der Waals surface area contributed by atoms with Gasteiger partial charge in [-0.1, -0.05) is 24.6 Å². The minimum Gasteiger partial charge on any atom is -0.313 e. The van der Waals surface area contributed by atoms with Gasteiger partial charge in [-0.3, -0.25) is 0 Å². The summed E-state index contributed by atoms with van der Waals surface area (Å²) in [5.41, 5.74) is 2.15. The molecule has 3 nitrogen and oxygen atoms in total. The Morgan fingerprint density at radius 3 is 2.94 bits per heavy atom. The Morgan fingerprint density at radius 2 is 2.31 bits per heavy atom. The van der Waals surface area contributed by atoms with Crippen LogP contribution in [0.4, 0.5) is 0 Å². The van der Waals surface area contributed by atoms with Gasteiger partial charge in [0.15, 0.2) is 0 Å². The summed E-state index contributed by atoms with van der Waals surface area (Å²) in [5, 5.41) is 4.01. The van der Waals surface area contributed by atoms with Crippen molar-refractivity contribution in [3.63, 3.8) is 0 Å². The van der Waals surface area contributed by atoms with E-state index < -0.39 is 0 Å². The fourth-order valence-corrected chi connectivity index (χ4v) is 1.84. The summed E-state index contributed by atoms with van der Waals surface area (Å²) in [6, 6.07) is 6.07. The zero-order chi connectivity index (χ0) is 11.4. The van der Waals surface area contributed by atoms with E-state index in [0.29, 0.717) is 0 Å². The Morgan fingerprint density at radius 1 is 1.44 bits per heavy atom. The molecule has 1 N–H and O–H groups in total. The van der Waals surface area contributed by atoms with Crippen LogP contribution in [-0.2, 0) is 6.54 Å². The minimum absolute atomic E-state index is 0.744. The summed E-state index contributed by atoms with van der Waals surface area (Å²) in [6.45, 7) is 3.89. The van der Waals surface area contributed by atoms with Crippen molar-refractivity contribution in [3.8, 4) is 5.69 Å². The van der Waals surface area contributed by atoms with Crippen LogP contribution in [0, 0.1) is 0 Å². The lowest BCUT2D eigenvalue weighted by Gasteiger charge is -2.08. The molecule has 84 valence electrons. The van der Waals surface area contributed by atoms with Crippen LogP contribution in [0.1, 0.15) is 12.5 Å². The zero-order valence-corrected chi connectivity index (χ0v) is 9.91. The molecule has 1 aromatic heterocycles. The maximum absolute atomic E-state index is 6.22. The van der Waals surface area contributed by atoms with Gasteiger partial charge in [0.1, 0.15) is 0 Å². The molecule has 0 aliphatic heterocycles. The topological polar surface area (TPSA) is 29.9 Å². The van der Waals surface area contributed by atoms with E-state index in [1.807, 2.05) is 22.9 Å². The van der Waals surface area contributed by atoms with Crippen molar-refractivity contribution < 1.29 is 0 Å². The lowest BCUT2D eigenvalue weighted by Crippen LogP contribution is -2.11. The van der Waals surface area contributed by atoms with Gasteiger partial charge in [-0.05, 0) is 24.2 Å². The molecule has 0 atom stereocenters. The highest BCUT2D eigenvalue weighted by molar-refractivity contribution is 6.32. The molecule has 0 fully saturated rings. The van der Waals surface area contributed by atoms with Crippen LogP contribution >= 0.6 is 11.6 Å². The second-order valence-corrected chi connectivity index (χ2v) is 3.94. The third kappa shape index (κ3) is 2.43. The van der Waals surface area contributed by atoms with Crippen molar-refractivity contribution >= 4 is 11.6 Å². The molecular weight excluding hydrogens is 222 g/mol. The summed E-state index contributed by atoms with van der Waals surface area (Å²) in [4.78, 5) is 4.00. The van der Waals surface area contributed by atoms with E-state index in [-0.39, 0.29) is 0 Å². The van der Waals surface area contributed by atoms with Crippen molar-refractivity contribution in [2.24, 2.45) is 0 Å². The summed E-state index contributed by atoms with van der Waals surface area (Å²) in [6.07, 6.45) is 5.36. The van der Waals surface area contributed by atoms with Crippen LogP contribution in [0.3, 0.4) is 0 Å². The predicted octanol–water partition coefficient (Wildman–Crippen LogP) is 2.64. The first-order valence-corrected chi connectivity index (χ1v) is 5.66. The largest absolute Gasteiger partial charge is 0.313 e. The third-order valence-corrected chi connectivity index (χ3v) is 2.68. The van der Waals surface area contributed by atoms with E-state index in [9.17, 15) is 0 Å². The molecule has 2 rings (SSSR count). The zero-order valence-electron chi connectivity index (χ0n) is 9.15. The molecule has 0 amide bonds. The summed E-state index contributed by atoms with van der Waals surface area (Å²) < 4.78 is 1.90. The van der Waals surface area contributed by atoms with E-state index in [1.54, 1.807) is 12.5 Å². The SMILES string of the molecule is CCNCc1ccc(-n2ccnc2)c(Cl)c1. The van der Waals surface area contributed by atoms with Crippen LogP contribution in [0.2, 0.25) is 5.02 Å². The van der Waals surface area contributed by atoms with E-state index in [0.717, 1.165) is 23.8 Å². The molecule has 0 aliphatic rings. The van der Waals surface area contributed by atoms with Gasteiger partial charge in [0.2, 0.25) is 0 Å². The van der Waals surface area contributed by atoms with Gasteiger partial charge in [0, 0.05) is 18.9 Å². The Hall–Kier alpha value is -1.32. The van der Waals surface area contributed by atoms with Gasteiger partial charge in [-0.15, -0.1) is 0 Å². The molecule has 1 aromatic carbocycles. The summed E-state index contributed by atoms with van der Waals surface area (Å²) in [5.74, 6) is 0. The fraction of sp³-hybridized carbons (Fsp3) is 0.250. The first kappa shape index (κ1) is 11.2. The lowest BCUT2D eigenvalue weighted by molar-refractivity contribution is 0.726. The second-order valence-electron chi connectivity index (χ2n) is 3.54. The molecule has 1 heterocycles. The Labute approximate surface area is 100 Å². The molecule has 0 spiro atoms. The number of nitrogens with one attached hydrogen (secondary N) is 1. The average Bonchev–Trinajstić information content (AvgIpc) is 2.80. The number of aromatic nitrogens is 2. The first-order valence-electron chi connectivity index (χ1n) is 5.28. The van der Waals surface area contributed by atoms with Gasteiger partial charge in [-0.25, -0.2) is 4.98 Å².